The number of benzene rings is 1. The van der Waals surface area contributed by atoms with Gasteiger partial charge in [-0.05, 0) is 30.5 Å². The van der Waals surface area contributed by atoms with Crippen LogP contribution >= 0.6 is 0 Å². The van der Waals surface area contributed by atoms with E-state index in [1.54, 1.807) is 14.2 Å². The Hall–Kier alpha value is -1.18. The Labute approximate surface area is 85.8 Å². The molecule has 1 aromatic rings. The van der Waals surface area contributed by atoms with Crippen LogP contribution in [0, 0.1) is 6.92 Å². The van der Waals surface area contributed by atoms with Gasteiger partial charge in [-0.1, -0.05) is 19.4 Å². The van der Waals surface area contributed by atoms with Crippen LogP contribution in [-0.2, 0) is 6.42 Å². The van der Waals surface area contributed by atoms with Crippen LogP contribution in [0.4, 0.5) is 0 Å². The first-order valence-corrected chi connectivity index (χ1v) is 4.82. The highest BCUT2D eigenvalue weighted by atomic mass is 16.5. The van der Waals surface area contributed by atoms with E-state index in [2.05, 4.69) is 13.0 Å². The molecule has 14 heavy (non-hydrogen) atoms. The van der Waals surface area contributed by atoms with E-state index < -0.39 is 0 Å². The van der Waals surface area contributed by atoms with Gasteiger partial charge in [0.2, 0.25) is 0 Å². The van der Waals surface area contributed by atoms with Gasteiger partial charge in [-0.15, -0.1) is 0 Å². The number of unbranched alkanes of at least 4 members (excludes halogenated alkanes) is 1. The third-order valence-electron chi connectivity index (χ3n) is 2.16. The maximum atomic E-state index is 5.22. The van der Waals surface area contributed by atoms with E-state index in [9.17, 15) is 0 Å². The van der Waals surface area contributed by atoms with Crippen LogP contribution in [0.2, 0.25) is 0 Å². The first-order valence-electron chi connectivity index (χ1n) is 4.82. The summed E-state index contributed by atoms with van der Waals surface area (Å²) in [6, 6.07) is 6.03. The Bertz CT molecular complexity index is 282. The second kappa shape index (κ2) is 5.53. The van der Waals surface area contributed by atoms with E-state index >= 15 is 0 Å². The summed E-state index contributed by atoms with van der Waals surface area (Å²) in [6.45, 7) is 3.82. The molecular weight excluding hydrogens is 176 g/mol. The van der Waals surface area contributed by atoms with E-state index in [0.717, 1.165) is 30.8 Å². The van der Waals surface area contributed by atoms with Crippen LogP contribution in [0.1, 0.15) is 18.4 Å². The van der Waals surface area contributed by atoms with Gasteiger partial charge < -0.3 is 9.47 Å². The zero-order valence-electron chi connectivity index (χ0n) is 8.88. The lowest BCUT2D eigenvalue weighted by molar-refractivity contribution is 0.354. The maximum absolute atomic E-state index is 5.22. The predicted octanol–water partition coefficient (Wildman–Crippen LogP) is 2.86. The molecular formula is C12H17O2. The smallest absolute Gasteiger partial charge is 0.160 e. The molecule has 0 fully saturated rings. The Morgan fingerprint density at radius 2 is 1.86 bits per heavy atom. The fourth-order valence-corrected chi connectivity index (χ4v) is 1.37. The summed E-state index contributed by atoms with van der Waals surface area (Å²) in [4.78, 5) is 0. The molecule has 1 rings (SSSR count). The summed E-state index contributed by atoms with van der Waals surface area (Å²) >= 11 is 0. The van der Waals surface area contributed by atoms with Crippen molar-refractivity contribution in [2.45, 2.75) is 19.3 Å². The van der Waals surface area contributed by atoms with Crippen LogP contribution in [0.15, 0.2) is 18.2 Å². The molecule has 1 aromatic carbocycles. The summed E-state index contributed by atoms with van der Waals surface area (Å²) in [7, 11) is 3.30. The molecule has 0 heterocycles. The number of methoxy groups -OCH3 is 2. The van der Waals surface area contributed by atoms with Crippen molar-refractivity contribution in [3.63, 3.8) is 0 Å². The molecule has 0 aliphatic rings. The zero-order valence-corrected chi connectivity index (χ0v) is 8.88. The van der Waals surface area contributed by atoms with Gasteiger partial charge in [0.05, 0.1) is 14.2 Å². The van der Waals surface area contributed by atoms with Gasteiger partial charge in [-0.3, -0.25) is 0 Å². The summed E-state index contributed by atoms with van der Waals surface area (Å²) in [5.74, 6) is 1.58. The van der Waals surface area contributed by atoms with Gasteiger partial charge in [0.15, 0.2) is 11.5 Å². The molecule has 0 saturated heterocycles. The Morgan fingerprint density at radius 1 is 1.14 bits per heavy atom. The average Bonchev–Trinajstić information content (AvgIpc) is 2.25. The molecule has 0 aliphatic heterocycles. The molecule has 0 unspecified atom stereocenters. The second-order valence-electron chi connectivity index (χ2n) is 3.15. The molecule has 0 aromatic heterocycles. The quantitative estimate of drug-likeness (QED) is 0.716. The molecule has 0 bridgehead atoms. The molecule has 1 radical (unpaired) electrons. The third-order valence-corrected chi connectivity index (χ3v) is 2.16. The minimum absolute atomic E-state index is 0.783. The monoisotopic (exact) mass is 193 g/mol. The number of ether oxygens (including phenoxy) is 2. The van der Waals surface area contributed by atoms with E-state index in [0.29, 0.717) is 0 Å². The standard InChI is InChI=1S/C12H17O2/c1-4-5-6-10-7-8-11(13-2)12(9-10)14-3/h7-9H,1,4-6H2,2-3H3. The molecule has 0 N–H and O–H groups in total. The number of rotatable bonds is 5. The van der Waals surface area contributed by atoms with Crippen LogP contribution in [0.3, 0.4) is 0 Å². The molecule has 0 saturated carbocycles. The van der Waals surface area contributed by atoms with E-state index in [1.165, 1.54) is 5.56 Å². The highest BCUT2D eigenvalue weighted by Gasteiger charge is 2.03. The van der Waals surface area contributed by atoms with Crippen molar-refractivity contribution in [1.29, 1.82) is 0 Å². The fourth-order valence-electron chi connectivity index (χ4n) is 1.37. The summed E-state index contributed by atoms with van der Waals surface area (Å²) < 4.78 is 10.4. The highest BCUT2D eigenvalue weighted by Crippen LogP contribution is 2.27. The molecule has 2 heteroatoms. The van der Waals surface area contributed by atoms with Gasteiger partial charge in [0.1, 0.15) is 0 Å². The van der Waals surface area contributed by atoms with Gasteiger partial charge in [0.25, 0.3) is 0 Å². The molecule has 0 amide bonds. The highest BCUT2D eigenvalue weighted by molar-refractivity contribution is 5.42. The SMILES string of the molecule is [CH2]CCCc1ccc(OC)c(OC)c1. The normalized spacial score (nSPS) is 9.93. The van der Waals surface area contributed by atoms with Crippen molar-refractivity contribution in [3.05, 3.63) is 30.7 Å². The molecule has 0 aliphatic carbocycles. The number of hydrogen-bond donors (Lipinski definition) is 0. The van der Waals surface area contributed by atoms with Crippen LogP contribution in [-0.4, -0.2) is 14.2 Å². The van der Waals surface area contributed by atoms with E-state index in [1.807, 2.05) is 12.1 Å². The lowest BCUT2D eigenvalue weighted by Crippen LogP contribution is -1.92. The lowest BCUT2D eigenvalue weighted by Gasteiger charge is -2.09. The van der Waals surface area contributed by atoms with Crippen molar-refractivity contribution in [3.8, 4) is 11.5 Å². The van der Waals surface area contributed by atoms with Crippen molar-refractivity contribution in [2.24, 2.45) is 0 Å². The van der Waals surface area contributed by atoms with Crippen molar-refractivity contribution < 1.29 is 9.47 Å². The van der Waals surface area contributed by atoms with Gasteiger partial charge >= 0.3 is 0 Å². The predicted molar refractivity (Wildman–Crippen MR) is 57.8 cm³/mol. The first kappa shape index (κ1) is 10.9. The van der Waals surface area contributed by atoms with Crippen molar-refractivity contribution in [2.75, 3.05) is 14.2 Å². The Morgan fingerprint density at radius 3 is 2.43 bits per heavy atom. The van der Waals surface area contributed by atoms with Crippen LogP contribution in [0.25, 0.3) is 0 Å². The Balaban J connectivity index is 2.79. The zero-order chi connectivity index (χ0) is 10.4. The summed E-state index contributed by atoms with van der Waals surface area (Å²) in [6.07, 6.45) is 3.12. The minimum Gasteiger partial charge on any atom is -0.493 e. The topological polar surface area (TPSA) is 18.5 Å². The molecule has 0 spiro atoms. The van der Waals surface area contributed by atoms with Crippen molar-refractivity contribution in [1.82, 2.24) is 0 Å². The van der Waals surface area contributed by atoms with E-state index in [4.69, 9.17) is 9.47 Å². The largest absolute Gasteiger partial charge is 0.493 e. The fraction of sp³-hybridized carbons (Fsp3) is 0.417. The number of aryl methyl sites for hydroxylation is 1. The summed E-state index contributed by atoms with van der Waals surface area (Å²) in [5.41, 5.74) is 1.27. The minimum atomic E-state index is 0.783. The van der Waals surface area contributed by atoms with Crippen LogP contribution in [0.5, 0.6) is 11.5 Å². The van der Waals surface area contributed by atoms with Crippen LogP contribution < -0.4 is 9.47 Å². The van der Waals surface area contributed by atoms with Gasteiger partial charge in [-0.25, -0.2) is 0 Å². The lowest BCUT2D eigenvalue weighted by atomic mass is 10.1. The third kappa shape index (κ3) is 2.66. The molecule has 2 nitrogen and oxygen atoms in total. The maximum Gasteiger partial charge on any atom is 0.160 e. The van der Waals surface area contributed by atoms with Gasteiger partial charge in [-0.2, -0.15) is 0 Å². The number of hydrogen-bond acceptors (Lipinski definition) is 2. The first-order chi connectivity index (χ1) is 6.81. The van der Waals surface area contributed by atoms with Gasteiger partial charge in [0, 0.05) is 0 Å². The van der Waals surface area contributed by atoms with E-state index in [-0.39, 0.29) is 0 Å². The molecule has 77 valence electrons. The van der Waals surface area contributed by atoms with Crippen molar-refractivity contribution >= 4 is 0 Å². The Kier molecular flexibility index (Phi) is 4.30. The summed E-state index contributed by atoms with van der Waals surface area (Å²) in [5, 5.41) is 0. The second-order valence-corrected chi connectivity index (χ2v) is 3.15. The molecule has 0 atom stereocenters. The average molecular weight is 193 g/mol.